The molecule has 1 atom stereocenters. The molecule has 2 heterocycles. The minimum absolute atomic E-state index is 0.689. The topological polar surface area (TPSA) is 27.7 Å². The predicted molar refractivity (Wildman–Crippen MR) is 75.0 cm³/mol. The minimum atomic E-state index is 0.689. The van der Waals surface area contributed by atoms with Gasteiger partial charge in [0.15, 0.2) is 0 Å². The second kappa shape index (κ2) is 7.43. The van der Waals surface area contributed by atoms with E-state index in [4.69, 9.17) is 4.74 Å². The number of ether oxygens (including phenoxy) is 1. The van der Waals surface area contributed by atoms with Crippen molar-refractivity contribution < 1.29 is 4.74 Å². The lowest BCUT2D eigenvalue weighted by molar-refractivity contribution is 0.0769. The van der Waals surface area contributed by atoms with Crippen molar-refractivity contribution in [2.75, 3.05) is 53.5 Å². The summed E-state index contributed by atoms with van der Waals surface area (Å²) in [5, 5.41) is 3.69. The predicted octanol–water partition coefficient (Wildman–Crippen LogP) is 0.781. The third kappa shape index (κ3) is 4.50. The second-order valence-electron chi connectivity index (χ2n) is 5.94. The lowest BCUT2D eigenvalue weighted by Crippen LogP contribution is -2.43. The van der Waals surface area contributed by atoms with Crippen LogP contribution in [0.1, 0.15) is 25.7 Å². The third-order valence-electron chi connectivity index (χ3n) is 4.13. The molecule has 0 bridgehead atoms. The highest BCUT2D eigenvalue weighted by atomic mass is 16.5. The summed E-state index contributed by atoms with van der Waals surface area (Å²) < 4.78 is 5.38. The Morgan fingerprint density at radius 3 is 2.72 bits per heavy atom. The molecule has 1 unspecified atom stereocenters. The zero-order chi connectivity index (χ0) is 12.8. The van der Waals surface area contributed by atoms with Crippen LogP contribution in [0, 0.1) is 0 Å². The first-order valence-corrected chi connectivity index (χ1v) is 7.45. The van der Waals surface area contributed by atoms with Crippen LogP contribution in [0.15, 0.2) is 0 Å². The van der Waals surface area contributed by atoms with Crippen LogP contribution in [-0.4, -0.2) is 75.4 Å². The van der Waals surface area contributed by atoms with Crippen molar-refractivity contribution in [3.8, 4) is 0 Å². The summed E-state index contributed by atoms with van der Waals surface area (Å²) in [5.74, 6) is 0. The molecule has 106 valence electrons. The molecule has 0 aromatic rings. The van der Waals surface area contributed by atoms with Gasteiger partial charge >= 0.3 is 0 Å². The van der Waals surface area contributed by atoms with Gasteiger partial charge in [-0.05, 0) is 46.3 Å². The summed E-state index contributed by atoms with van der Waals surface area (Å²) >= 11 is 0. The second-order valence-corrected chi connectivity index (χ2v) is 5.94. The zero-order valence-corrected chi connectivity index (χ0v) is 12.0. The number of hydrogen-bond donors (Lipinski definition) is 1. The summed E-state index contributed by atoms with van der Waals surface area (Å²) in [6.07, 6.45) is 5.10. The monoisotopic (exact) mass is 255 g/mol. The van der Waals surface area contributed by atoms with E-state index in [0.29, 0.717) is 6.04 Å². The van der Waals surface area contributed by atoms with E-state index in [1.807, 2.05) is 0 Å². The Morgan fingerprint density at radius 1 is 1.22 bits per heavy atom. The fourth-order valence-electron chi connectivity index (χ4n) is 3.13. The molecule has 0 radical (unpaired) electrons. The van der Waals surface area contributed by atoms with Crippen LogP contribution in [0.5, 0.6) is 0 Å². The van der Waals surface area contributed by atoms with Gasteiger partial charge in [-0.15, -0.1) is 0 Å². The van der Waals surface area contributed by atoms with Crippen molar-refractivity contribution in [1.29, 1.82) is 0 Å². The number of rotatable bonds is 6. The average Bonchev–Trinajstić information content (AvgIpc) is 2.77. The molecule has 0 aromatic heterocycles. The van der Waals surface area contributed by atoms with E-state index in [2.05, 4.69) is 29.2 Å². The van der Waals surface area contributed by atoms with Crippen LogP contribution in [0.4, 0.5) is 0 Å². The molecule has 2 rings (SSSR count). The standard InChI is InChI=1S/C14H29N3O/c1-16(2)12-14-4-3-8-17(14)9-7-15-13-5-10-18-11-6-13/h13-15H,3-12H2,1-2H3. The summed E-state index contributed by atoms with van der Waals surface area (Å²) in [4.78, 5) is 4.97. The summed E-state index contributed by atoms with van der Waals surface area (Å²) in [6, 6.07) is 1.46. The Balaban J connectivity index is 1.62. The van der Waals surface area contributed by atoms with Crippen molar-refractivity contribution in [1.82, 2.24) is 15.1 Å². The Kier molecular flexibility index (Phi) is 5.89. The van der Waals surface area contributed by atoms with Crippen LogP contribution in [0.3, 0.4) is 0 Å². The van der Waals surface area contributed by atoms with Gasteiger partial charge in [0.25, 0.3) is 0 Å². The maximum absolute atomic E-state index is 5.38. The van der Waals surface area contributed by atoms with Gasteiger partial charge in [-0.25, -0.2) is 0 Å². The normalized spacial score (nSPS) is 27.2. The maximum atomic E-state index is 5.38. The SMILES string of the molecule is CN(C)CC1CCCN1CCNC1CCOCC1. The Bertz CT molecular complexity index is 229. The molecule has 2 fully saturated rings. The molecular formula is C14H29N3O. The lowest BCUT2D eigenvalue weighted by atomic mass is 10.1. The van der Waals surface area contributed by atoms with Gasteiger partial charge in [-0.1, -0.05) is 0 Å². The van der Waals surface area contributed by atoms with Gasteiger partial charge in [0.2, 0.25) is 0 Å². The van der Waals surface area contributed by atoms with Gasteiger partial charge in [0.1, 0.15) is 0 Å². The summed E-state index contributed by atoms with van der Waals surface area (Å²) in [5.41, 5.74) is 0. The molecule has 4 heteroatoms. The van der Waals surface area contributed by atoms with Gasteiger partial charge in [0.05, 0.1) is 0 Å². The van der Waals surface area contributed by atoms with E-state index in [0.717, 1.165) is 25.8 Å². The summed E-state index contributed by atoms with van der Waals surface area (Å²) in [7, 11) is 4.35. The van der Waals surface area contributed by atoms with Crippen molar-refractivity contribution >= 4 is 0 Å². The van der Waals surface area contributed by atoms with E-state index in [1.54, 1.807) is 0 Å². The molecular weight excluding hydrogens is 226 g/mol. The van der Waals surface area contributed by atoms with Gasteiger partial charge in [-0.3, -0.25) is 4.90 Å². The first-order chi connectivity index (χ1) is 8.75. The summed E-state index contributed by atoms with van der Waals surface area (Å²) in [6.45, 7) is 6.70. The van der Waals surface area contributed by atoms with E-state index in [9.17, 15) is 0 Å². The molecule has 2 saturated heterocycles. The van der Waals surface area contributed by atoms with Crippen LogP contribution in [-0.2, 0) is 4.74 Å². The Hall–Kier alpha value is -0.160. The quantitative estimate of drug-likeness (QED) is 0.759. The fraction of sp³-hybridized carbons (Fsp3) is 1.00. The van der Waals surface area contributed by atoms with E-state index < -0.39 is 0 Å². The highest BCUT2D eigenvalue weighted by molar-refractivity contribution is 4.81. The van der Waals surface area contributed by atoms with Crippen LogP contribution < -0.4 is 5.32 Å². The Morgan fingerprint density at radius 2 is 2.00 bits per heavy atom. The number of nitrogens with one attached hydrogen (secondary N) is 1. The number of nitrogens with zero attached hydrogens (tertiary/aromatic N) is 2. The molecule has 0 aliphatic carbocycles. The number of likely N-dealkylation sites (tertiary alicyclic amines) is 1. The number of likely N-dealkylation sites (N-methyl/N-ethyl adjacent to an activating group) is 1. The molecule has 0 saturated carbocycles. The van der Waals surface area contributed by atoms with Crippen LogP contribution >= 0.6 is 0 Å². The maximum Gasteiger partial charge on any atom is 0.0480 e. The smallest absolute Gasteiger partial charge is 0.0480 e. The molecule has 4 nitrogen and oxygen atoms in total. The average molecular weight is 255 g/mol. The number of hydrogen-bond acceptors (Lipinski definition) is 4. The van der Waals surface area contributed by atoms with E-state index in [1.165, 1.54) is 45.3 Å². The van der Waals surface area contributed by atoms with Gasteiger partial charge in [0, 0.05) is 44.9 Å². The third-order valence-corrected chi connectivity index (χ3v) is 4.13. The Labute approximate surface area is 112 Å². The molecule has 2 aliphatic rings. The van der Waals surface area contributed by atoms with E-state index >= 15 is 0 Å². The molecule has 0 aromatic carbocycles. The molecule has 0 amide bonds. The lowest BCUT2D eigenvalue weighted by Gasteiger charge is -2.29. The van der Waals surface area contributed by atoms with Gasteiger partial charge in [-0.2, -0.15) is 0 Å². The largest absolute Gasteiger partial charge is 0.381 e. The van der Waals surface area contributed by atoms with Crippen LogP contribution in [0.2, 0.25) is 0 Å². The molecule has 2 aliphatic heterocycles. The fourth-order valence-corrected chi connectivity index (χ4v) is 3.13. The van der Waals surface area contributed by atoms with Crippen LogP contribution in [0.25, 0.3) is 0 Å². The first kappa shape index (κ1) is 14.3. The molecule has 1 N–H and O–H groups in total. The zero-order valence-electron chi connectivity index (χ0n) is 12.0. The highest BCUT2D eigenvalue weighted by Crippen LogP contribution is 2.17. The van der Waals surface area contributed by atoms with Gasteiger partial charge < -0.3 is 15.0 Å². The van der Waals surface area contributed by atoms with Crippen molar-refractivity contribution in [2.24, 2.45) is 0 Å². The highest BCUT2D eigenvalue weighted by Gasteiger charge is 2.24. The van der Waals surface area contributed by atoms with E-state index in [-0.39, 0.29) is 0 Å². The minimum Gasteiger partial charge on any atom is -0.381 e. The van der Waals surface area contributed by atoms with Crippen molar-refractivity contribution in [2.45, 2.75) is 37.8 Å². The first-order valence-electron chi connectivity index (χ1n) is 7.45. The molecule has 0 spiro atoms. The van der Waals surface area contributed by atoms with Crippen molar-refractivity contribution in [3.63, 3.8) is 0 Å². The molecule has 18 heavy (non-hydrogen) atoms. The van der Waals surface area contributed by atoms with Crippen molar-refractivity contribution in [3.05, 3.63) is 0 Å².